The molecule has 0 N–H and O–H groups in total. The summed E-state index contributed by atoms with van der Waals surface area (Å²) in [5.41, 5.74) is 3.79. The molecule has 0 saturated carbocycles. The maximum absolute atomic E-state index is 5.64. The average Bonchev–Trinajstić information content (AvgIpc) is 3.33. The van der Waals surface area contributed by atoms with Gasteiger partial charge in [0, 0.05) is 0 Å². The fourth-order valence-corrected chi connectivity index (χ4v) is 10.4. The first kappa shape index (κ1) is 18.3. The van der Waals surface area contributed by atoms with Gasteiger partial charge in [0.2, 0.25) is 0 Å². The van der Waals surface area contributed by atoms with Crippen LogP contribution in [0, 0.1) is 0 Å². The van der Waals surface area contributed by atoms with Crippen molar-refractivity contribution in [3.8, 4) is 11.5 Å². The number of hydrogen-bond acceptors (Lipinski definition) is 4. The van der Waals surface area contributed by atoms with Gasteiger partial charge >= 0.3 is 178 Å². The number of ether oxygens (including phenoxy) is 2. The van der Waals surface area contributed by atoms with Gasteiger partial charge < -0.3 is 0 Å². The molecule has 0 radical (unpaired) electrons. The van der Waals surface area contributed by atoms with E-state index in [0.29, 0.717) is 0 Å². The Labute approximate surface area is 178 Å². The second-order valence-corrected chi connectivity index (χ2v) is 12.0. The van der Waals surface area contributed by atoms with Crippen LogP contribution in [0.1, 0.15) is 5.56 Å². The van der Waals surface area contributed by atoms with E-state index in [4.69, 9.17) is 9.47 Å². The SMILES string of the molecule is COc1cc2c(cc1OC)[Te]1=C(C=CN1c1ccccc1)N2Cc1ccccc1. The summed E-state index contributed by atoms with van der Waals surface area (Å²) >= 11 is -2.02. The van der Waals surface area contributed by atoms with Crippen LogP contribution < -0.4 is 21.1 Å². The number of nitrogens with zero attached hydrogens (tertiary/aromatic N) is 2. The Morgan fingerprint density at radius 3 is 2.17 bits per heavy atom. The summed E-state index contributed by atoms with van der Waals surface area (Å²) in [4.78, 5) is 2.46. The average molecular weight is 498 g/mol. The van der Waals surface area contributed by atoms with E-state index in [2.05, 4.69) is 93.1 Å². The van der Waals surface area contributed by atoms with Gasteiger partial charge in [-0.15, -0.1) is 0 Å². The second-order valence-electron chi connectivity index (χ2n) is 6.85. The van der Waals surface area contributed by atoms with Crippen LogP contribution in [0.3, 0.4) is 0 Å². The Morgan fingerprint density at radius 2 is 1.48 bits per heavy atom. The van der Waals surface area contributed by atoms with E-state index in [-0.39, 0.29) is 0 Å². The zero-order valence-electron chi connectivity index (χ0n) is 16.4. The van der Waals surface area contributed by atoms with Crippen LogP contribution in [-0.2, 0) is 6.54 Å². The zero-order valence-corrected chi connectivity index (χ0v) is 18.7. The van der Waals surface area contributed by atoms with E-state index < -0.39 is 19.3 Å². The molecule has 3 aromatic rings. The molecular weight excluding hydrogens is 476 g/mol. The maximum atomic E-state index is 5.64. The van der Waals surface area contributed by atoms with Gasteiger partial charge in [-0.1, -0.05) is 0 Å². The third-order valence-corrected chi connectivity index (χ3v) is 11.5. The molecular formula is C24H22N2O2Te. The molecule has 0 fully saturated rings. The molecule has 146 valence electrons. The van der Waals surface area contributed by atoms with Crippen LogP contribution in [0.15, 0.2) is 85.1 Å². The first-order valence-electron chi connectivity index (χ1n) is 9.51. The van der Waals surface area contributed by atoms with Crippen molar-refractivity contribution in [2.24, 2.45) is 0 Å². The predicted molar refractivity (Wildman–Crippen MR) is 121 cm³/mol. The van der Waals surface area contributed by atoms with Crippen molar-refractivity contribution in [3.63, 3.8) is 0 Å². The Kier molecular flexibility index (Phi) is 4.79. The number of rotatable bonds is 5. The van der Waals surface area contributed by atoms with Gasteiger partial charge in [-0.05, 0) is 0 Å². The summed E-state index contributed by atoms with van der Waals surface area (Å²) in [5.74, 6) is 1.58. The van der Waals surface area contributed by atoms with Crippen molar-refractivity contribution in [1.29, 1.82) is 0 Å². The number of methoxy groups -OCH3 is 2. The molecule has 29 heavy (non-hydrogen) atoms. The molecule has 0 bridgehead atoms. The van der Waals surface area contributed by atoms with Gasteiger partial charge in [0.15, 0.2) is 0 Å². The molecule has 0 amide bonds. The van der Waals surface area contributed by atoms with E-state index in [0.717, 1.165) is 18.0 Å². The monoisotopic (exact) mass is 500 g/mol. The van der Waals surface area contributed by atoms with Crippen molar-refractivity contribution in [2.75, 3.05) is 22.3 Å². The summed E-state index contributed by atoms with van der Waals surface area (Å²) in [6.07, 6.45) is 4.55. The predicted octanol–water partition coefficient (Wildman–Crippen LogP) is 3.67. The molecule has 3 aromatic carbocycles. The molecule has 2 heterocycles. The van der Waals surface area contributed by atoms with Crippen LogP contribution in [0.5, 0.6) is 11.5 Å². The molecule has 0 aliphatic carbocycles. The third kappa shape index (κ3) is 3.11. The van der Waals surface area contributed by atoms with Crippen molar-refractivity contribution < 1.29 is 9.47 Å². The Balaban J connectivity index is 1.66. The Hall–Kier alpha value is -2.74. The number of para-hydroxylation sites is 1. The first-order chi connectivity index (χ1) is 14.3. The fraction of sp³-hybridized carbons (Fsp3) is 0.125. The van der Waals surface area contributed by atoms with Crippen LogP contribution in [0.2, 0.25) is 0 Å². The summed E-state index contributed by atoms with van der Waals surface area (Å²) < 4.78 is 16.6. The quantitative estimate of drug-likeness (QED) is 0.502. The van der Waals surface area contributed by atoms with Crippen molar-refractivity contribution in [3.05, 3.63) is 90.6 Å². The van der Waals surface area contributed by atoms with E-state index in [1.54, 1.807) is 14.2 Å². The molecule has 0 unspecified atom stereocenters. The Morgan fingerprint density at radius 1 is 0.828 bits per heavy atom. The van der Waals surface area contributed by atoms with Crippen LogP contribution in [-0.4, -0.2) is 37.2 Å². The minimum atomic E-state index is -2.02. The van der Waals surface area contributed by atoms with Gasteiger partial charge in [0.05, 0.1) is 0 Å². The number of fused-ring (bicyclic) bond motifs is 2. The van der Waals surface area contributed by atoms with Crippen molar-refractivity contribution in [2.45, 2.75) is 6.54 Å². The summed E-state index contributed by atoms with van der Waals surface area (Å²) in [7, 11) is 3.41. The van der Waals surface area contributed by atoms with Crippen LogP contribution in [0.4, 0.5) is 11.4 Å². The molecule has 5 rings (SSSR count). The van der Waals surface area contributed by atoms with Gasteiger partial charge in [0.25, 0.3) is 0 Å². The van der Waals surface area contributed by atoms with Crippen molar-refractivity contribution in [1.82, 2.24) is 0 Å². The molecule has 0 atom stereocenters. The standard InChI is InChI=1S/C24H22N2O2Te/c1-27-21-15-20-23(16-22(21)28-2)29-24(25(20)17-18-9-5-3-6-10-18)13-14-26(29)19-11-7-4-8-12-19/h3-16H,17H2,1-2H3. The number of anilines is 2. The number of hydrogen-bond donors (Lipinski definition) is 0. The topological polar surface area (TPSA) is 24.9 Å². The van der Waals surface area contributed by atoms with Crippen molar-refractivity contribution >= 4 is 38.0 Å². The normalized spacial score (nSPS) is 14.9. The zero-order chi connectivity index (χ0) is 19.8. The summed E-state index contributed by atoms with van der Waals surface area (Å²) in [5, 5.41) is 0. The number of benzene rings is 3. The van der Waals surface area contributed by atoms with E-state index >= 15 is 0 Å². The van der Waals surface area contributed by atoms with Gasteiger partial charge in [-0.2, -0.15) is 0 Å². The molecule has 5 heteroatoms. The Bertz CT molecular complexity index is 1110. The second kappa shape index (κ2) is 7.59. The van der Waals surface area contributed by atoms with E-state index in [9.17, 15) is 0 Å². The van der Waals surface area contributed by atoms with Gasteiger partial charge in [-0.25, -0.2) is 0 Å². The first-order valence-corrected chi connectivity index (χ1v) is 12.9. The molecule has 0 spiro atoms. The van der Waals surface area contributed by atoms with Gasteiger partial charge in [0.1, 0.15) is 0 Å². The fourth-order valence-electron chi connectivity index (χ4n) is 3.80. The minimum absolute atomic E-state index is 0.777. The molecule has 0 aromatic heterocycles. The molecule has 4 nitrogen and oxygen atoms in total. The third-order valence-electron chi connectivity index (χ3n) is 5.17. The van der Waals surface area contributed by atoms with Gasteiger partial charge in [-0.3, -0.25) is 0 Å². The van der Waals surface area contributed by atoms with Crippen LogP contribution in [0.25, 0.3) is 0 Å². The molecule has 2 aliphatic heterocycles. The summed E-state index contributed by atoms with van der Waals surface area (Å²) in [6, 6.07) is 25.6. The van der Waals surface area contributed by atoms with E-state index in [1.165, 1.54) is 24.2 Å². The molecule has 0 saturated heterocycles. The summed E-state index contributed by atoms with van der Waals surface area (Å²) in [6.45, 7) is 0.850. The van der Waals surface area contributed by atoms with E-state index in [1.807, 2.05) is 0 Å². The molecule has 2 aliphatic rings. The van der Waals surface area contributed by atoms with Crippen LogP contribution >= 0.6 is 0 Å².